The second-order valence-electron chi connectivity index (χ2n) is 3.98. The molecule has 0 bridgehead atoms. The topological polar surface area (TPSA) is 38.7 Å². The van der Waals surface area contributed by atoms with Crippen LogP contribution in [-0.4, -0.2) is 15.0 Å². The predicted molar refractivity (Wildman–Crippen MR) is 72.7 cm³/mol. The Kier molecular flexibility index (Phi) is 3.23. The fourth-order valence-electron chi connectivity index (χ4n) is 1.76. The van der Waals surface area contributed by atoms with E-state index in [2.05, 4.69) is 15.0 Å². The summed E-state index contributed by atoms with van der Waals surface area (Å²) in [5.74, 6) is -1.51. The summed E-state index contributed by atoms with van der Waals surface area (Å²) in [6.45, 7) is 0. The fraction of sp³-hybridized carbons (Fsp3) is 0. The minimum atomic E-state index is -0.755. The van der Waals surface area contributed by atoms with E-state index in [1.807, 2.05) is 0 Å². The molecule has 0 fully saturated rings. The van der Waals surface area contributed by atoms with Gasteiger partial charge in [-0.2, -0.15) is 0 Å². The smallest absolute Gasteiger partial charge is 0.164 e. The van der Waals surface area contributed by atoms with E-state index in [-0.39, 0.29) is 21.6 Å². The van der Waals surface area contributed by atoms with Crippen molar-refractivity contribution >= 4 is 34.1 Å². The molecule has 2 aromatic heterocycles. The molecule has 0 unspecified atom stereocenters. The van der Waals surface area contributed by atoms with Crippen LogP contribution in [0, 0.1) is 11.6 Å². The molecule has 3 nitrogen and oxygen atoms in total. The molecule has 0 aliphatic carbocycles. The van der Waals surface area contributed by atoms with Crippen molar-refractivity contribution in [2.75, 3.05) is 0 Å². The van der Waals surface area contributed by atoms with Crippen molar-refractivity contribution in [1.82, 2.24) is 15.0 Å². The Morgan fingerprint density at radius 2 is 1.80 bits per heavy atom. The Bertz CT molecular complexity index is 824. The second-order valence-corrected chi connectivity index (χ2v) is 4.74. The van der Waals surface area contributed by atoms with Crippen molar-refractivity contribution in [3.8, 4) is 11.4 Å². The van der Waals surface area contributed by atoms with Crippen molar-refractivity contribution in [3.63, 3.8) is 0 Å². The number of pyridine rings is 1. The van der Waals surface area contributed by atoms with E-state index in [9.17, 15) is 8.78 Å². The summed E-state index contributed by atoms with van der Waals surface area (Å²) in [6.07, 6.45) is 3.01. The number of aromatic nitrogens is 3. The van der Waals surface area contributed by atoms with Crippen molar-refractivity contribution in [2.45, 2.75) is 0 Å². The number of benzene rings is 1. The molecule has 3 rings (SSSR count). The van der Waals surface area contributed by atoms with Crippen molar-refractivity contribution in [1.29, 1.82) is 0 Å². The van der Waals surface area contributed by atoms with Crippen LogP contribution in [0.15, 0.2) is 30.6 Å². The van der Waals surface area contributed by atoms with Crippen LogP contribution in [0.25, 0.3) is 22.3 Å². The van der Waals surface area contributed by atoms with Gasteiger partial charge in [-0.1, -0.05) is 23.2 Å². The van der Waals surface area contributed by atoms with Crippen LogP contribution in [0.3, 0.4) is 0 Å². The first-order valence-corrected chi connectivity index (χ1v) is 6.24. The van der Waals surface area contributed by atoms with Gasteiger partial charge in [0.1, 0.15) is 16.8 Å². The summed E-state index contributed by atoms with van der Waals surface area (Å²) in [5.41, 5.74) is 0.330. The van der Waals surface area contributed by atoms with Gasteiger partial charge in [0.15, 0.2) is 5.82 Å². The summed E-state index contributed by atoms with van der Waals surface area (Å²) in [6, 6.07) is 3.45. The molecule has 20 heavy (non-hydrogen) atoms. The van der Waals surface area contributed by atoms with Gasteiger partial charge in [0.05, 0.1) is 22.3 Å². The van der Waals surface area contributed by atoms with E-state index in [1.165, 1.54) is 6.20 Å². The van der Waals surface area contributed by atoms with Crippen LogP contribution in [-0.2, 0) is 0 Å². The molecule has 0 amide bonds. The zero-order chi connectivity index (χ0) is 14.3. The minimum absolute atomic E-state index is 0.0245. The molecule has 0 saturated carbocycles. The van der Waals surface area contributed by atoms with Gasteiger partial charge in [-0.25, -0.2) is 18.7 Å². The van der Waals surface area contributed by atoms with Gasteiger partial charge in [-0.05, 0) is 18.2 Å². The minimum Gasteiger partial charge on any atom is -0.262 e. The van der Waals surface area contributed by atoms with Gasteiger partial charge < -0.3 is 0 Å². The van der Waals surface area contributed by atoms with Gasteiger partial charge in [0.2, 0.25) is 0 Å². The van der Waals surface area contributed by atoms with Crippen molar-refractivity contribution < 1.29 is 8.78 Å². The third-order valence-corrected chi connectivity index (χ3v) is 3.28. The lowest BCUT2D eigenvalue weighted by atomic mass is 10.2. The Hall–Kier alpha value is -1.85. The largest absolute Gasteiger partial charge is 0.262 e. The number of rotatable bonds is 1. The molecule has 3 aromatic rings. The first-order chi connectivity index (χ1) is 9.56. The SMILES string of the molecule is Fc1cc(-c2nc(Cl)c3ccncc3n2)c(F)cc1Cl. The summed E-state index contributed by atoms with van der Waals surface area (Å²) < 4.78 is 27.3. The molecule has 0 aliphatic rings. The quantitative estimate of drug-likeness (QED) is 0.497. The summed E-state index contributed by atoms with van der Waals surface area (Å²) in [4.78, 5) is 12.0. The lowest BCUT2D eigenvalue weighted by Gasteiger charge is -2.06. The highest BCUT2D eigenvalue weighted by Crippen LogP contribution is 2.28. The molecule has 100 valence electrons. The van der Waals surface area contributed by atoms with Gasteiger partial charge in [-0.3, -0.25) is 4.98 Å². The molecule has 7 heteroatoms. The average Bonchev–Trinajstić information content (AvgIpc) is 2.43. The van der Waals surface area contributed by atoms with Crippen molar-refractivity contribution in [2.24, 2.45) is 0 Å². The molecular weight excluding hydrogens is 307 g/mol. The van der Waals surface area contributed by atoms with E-state index in [1.54, 1.807) is 12.3 Å². The number of hydrogen-bond donors (Lipinski definition) is 0. The number of hydrogen-bond acceptors (Lipinski definition) is 3. The molecule has 0 spiro atoms. The number of halogens is 4. The zero-order valence-corrected chi connectivity index (χ0v) is 11.3. The third kappa shape index (κ3) is 2.19. The first kappa shape index (κ1) is 13.1. The van der Waals surface area contributed by atoms with Crippen LogP contribution in [0.4, 0.5) is 8.78 Å². The summed E-state index contributed by atoms with van der Waals surface area (Å²) in [7, 11) is 0. The van der Waals surface area contributed by atoms with Crippen molar-refractivity contribution in [3.05, 3.63) is 52.4 Å². The lowest BCUT2D eigenvalue weighted by Crippen LogP contribution is -1.96. The van der Waals surface area contributed by atoms with E-state index in [4.69, 9.17) is 23.2 Å². The summed E-state index contributed by atoms with van der Waals surface area (Å²) >= 11 is 11.5. The molecular formula is C13H5Cl2F2N3. The molecule has 0 N–H and O–H groups in total. The molecule has 0 aliphatic heterocycles. The fourth-order valence-corrected chi connectivity index (χ4v) is 2.15. The highest BCUT2D eigenvalue weighted by molar-refractivity contribution is 6.34. The maximum atomic E-state index is 13.9. The second kappa shape index (κ2) is 4.92. The Morgan fingerprint density at radius 1 is 1.00 bits per heavy atom. The van der Waals surface area contributed by atoms with Crippen LogP contribution >= 0.6 is 23.2 Å². The van der Waals surface area contributed by atoms with Gasteiger partial charge in [0.25, 0.3) is 0 Å². The van der Waals surface area contributed by atoms with Crippen LogP contribution in [0.2, 0.25) is 10.2 Å². The van der Waals surface area contributed by atoms with E-state index >= 15 is 0 Å². The van der Waals surface area contributed by atoms with E-state index in [0.717, 1.165) is 12.1 Å². The highest BCUT2D eigenvalue weighted by Gasteiger charge is 2.15. The maximum absolute atomic E-state index is 13.9. The highest BCUT2D eigenvalue weighted by atomic mass is 35.5. The molecule has 0 atom stereocenters. The van der Waals surface area contributed by atoms with Gasteiger partial charge in [-0.15, -0.1) is 0 Å². The third-order valence-electron chi connectivity index (χ3n) is 2.70. The average molecular weight is 312 g/mol. The first-order valence-electron chi connectivity index (χ1n) is 5.48. The monoisotopic (exact) mass is 311 g/mol. The lowest BCUT2D eigenvalue weighted by molar-refractivity contribution is 0.602. The number of fused-ring (bicyclic) bond motifs is 1. The standard InChI is InChI=1S/C13H5Cl2F2N3/c14-8-4-9(16)7(3-10(8)17)13-19-11-5-18-2-1-6(11)12(15)20-13/h1-5H. The molecule has 0 radical (unpaired) electrons. The molecule has 2 heterocycles. The van der Waals surface area contributed by atoms with E-state index < -0.39 is 11.6 Å². The Balaban J connectivity index is 2.27. The Labute approximate surface area is 122 Å². The molecule has 1 aromatic carbocycles. The normalized spacial score (nSPS) is 11.0. The maximum Gasteiger partial charge on any atom is 0.164 e. The Morgan fingerprint density at radius 3 is 2.60 bits per heavy atom. The number of nitrogens with zero attached hydrogens (tertiary/aromatic N) is 3. The predicted octanol–water partition coefficient (Wildman–Crippen LogP) is 4.28. The zero-order valence-electron chi connectivity index (χ0n) is 9.74. The van der Waals surface area contributed by atoms with Crippen LogP contribution in [0.1, 0.15) is 0 Å². The van der Waals surface area contributed by atoms with Crippen LogP contribution < -0.4 is 0 Å². The van der Waals surface area contributed by atoms with Gasteiger partial charge in [0, 0.05) is 11.6 Å². The molecule has 0 saturated heterocycles. The van der Waals surface area contributed by atoms with Gasteiger partial charge >= 0.3 is 0 Å². The van der Waals surface area contributed by atoms with E-state index in [0.29, 0.717) is 10.9 Å². The summed E-state index contributed by atoms with van der Waals surface area (Å²) in [5, 5.41) is 0.419. The van der Waals surface area contributed by atoms with Crippen LogP contribution in [0.5, 0.6) is 0 Å².